The molecule has 0 radical (unpaired) electrons. The Morgan fingerprint density at radius 1 is 1.37 bits per heavy atom. The molecule has 0 spiro atoms. The standard InChI is InChI=1S/C14H24N2O3/c1-4-15-8-12-7-14(19-16-12)9-17-13-5-10(2)18-11(3)6-13/h7,10-11,13,15H,4-6,8-9H2,1-3H3. The first-order valence-electron chi connectivity index (χ1n) is 7.09. The molecule has 2 atom stereocenters. The van der Waals surface area contributed by atoms with E-state index < -0.39 is 0 Å². The SMILES string of the molecule is CCNCc1cc(COC2CC(C)OC(C)C2)on1. The van der Waals surface area contributed by atoms with Gasteiger partial charge in [-0.15, -0.1) is 0 Å². The van der Waals surface area contributed by atoms with E-state index in [-0.39, 0.29) is 18.3 Å². The number of nitrogens with one attached hydrogen (secondary N) is 1. The van der Waals surface area contributed by atoms with E-state index in [2.05, 4.69) is 31.2 Å². The summed E-state index contributed by atoms with van der Waals surface area (Å²) in [5.74, 6) is 0.791. The van der Waals surface area contributed by atoms with E-state index >= 15 is 0 Å². The van der Waals surface area contributed by atoms with Gasteiger partial charge in [0.05, 0.1) is 24.0 Å². The summed E-state index contributed by atoms with van der Waals surface area (Å²) in [5, 5.41) is 7.22. The van der Waals surface area contributed by atoms with Crippen LogP contribution < -0.4 is 5.32 Å². The lowest BCUT2D eigenvalue weighted by atomic mass is 10.0. The van der Waals surface area contributed by atoms with Crippen LogP contribution in [0.15, 0.2) is 10.6 Å². The predicted octanol–water partition coefficient (Wildman–Crippen LogP) is 2.26. The monoisotopic (exact) mass is 268 g/mol. The predicted molar refractivity (Wildman–Crippen MR) is 71.7 cm³/mol. The minimum absolute atomic E-state index is 0.251. The second-order valence-electron chi connectivity index (χ2n) is 5.23. The highest BCUT2D eigenvalue weighted by Crippen LogP contribution is 2.22. The number of hydrogen-bond acceptors (Lipinski definition) is 5. The van der Waals surface area contributed by atoms with E-state index in [0.717, 1.165) is 37.4 Å². The van der Waals surface area contributed by atoms with Gasteiger partial charge in [0, 0.05) is 12.6 Å². The zero-order valence-electron chi connectivity index (χ0n) is 12.0. The molecule has 1 aromatic rings. The molecule has 5 nitrogen and oxygen atoms in total. The topological polar surface area (TPSA) is 56.5 Å². The Kier molecular flexibility index (Phi) is 5.36. The van der Waals surface area contributed by atoms with Crippen molar-refractivity contribution >= 4 is 0 Å². The minimum Gasteiger partial charge on any atom is -0.375 e. The van der Waals surface area contributed by atoms with Gasteiger partial charge >= 0.3 is 0 Å². The van der Waals surface area contributed by atoms with Crippen LogP contribution in [-0.2, 0) is 22.6 Å². The zero-order chi connectivity index (χ0) is 13.7. The van der Waals surface area contributed by atoms with Crippen molar-refractivity contribution in [2.24, 2.45) is 0 Å². The second-order valence-corrected chi connectivity index (χ2v) is 5.23. The lowest BCUT2D eigenvalue weighted by Gasteiger charge is -2.31. The third kappa shape index (κ3) is 4.60. The molecule has 1 fully saturated rings. The maximum absolute atomic E-state index is 5.89. The van der Waals surface area contributed by atoms with Crippen molar-refractivity contribution in [3.05, 3.63) is 17.5 Å². The van der Waals surface area contributed by atoms with Crippen LogP contribution in [0, 0.1) is 0 Å². The summed E-state index contributed by atoms with van der Waals surface area (Å²) in [7, 11) is 0. The molecule has 0 saturated carbocycles. The van der Waals surface area contributed by atoms with Gasteiger partial charge in [-0.2, -0.15) is 0 Å². The molecule has 1 aliphatic heterocycles. The fourth-order valence-electron chi connectivity index (χ4n) is 2.44. The maximum Gasteiger partial charge on any atom is 0.162 e. The molecule has 0 amide bonds. The van der Waals surface area contributed by atoms with Crippen LogP contribution in [0.2, 0.25) is 0 Å². The highest BCUT2D eigenvalue weighted by molar-refractivity contribution is 5.04. The van der Waals surface area contributed by atoms with Crippen LogP contribution in [-0.4, -0.2) is 30.0 Å². The van der Waals surface area contributed by atoms with Crippen LogP contribution in [0.25, 0.3) is 0 Å². The molecule has 0 aliphatic carbocycles. The molecule has 0 aromatic carbocycles. The third-order valence-corrected chi connectivity index (χ3v) is 3.28. The summed E-state index contributed by atoms with van der Waals surface area (Å²) in [4.78, 5) is 0. The van der Waals surface area contributed by atoms with E-state index in [1.54, 1.807) is 0 Å². The van der Waals surface area contributed by atoms with Crippen molar-refractivity contribution in [2.45, 2.75) is 65.1 Å². The number of ether oxygens (including phenoxy) is 2. The lowest BCUT2D eigenvalue weighted by molar-refractivity contribution is -0.108. The van der Waals surface area contributed by atoms with Gasteiger partial charge in [-0.25, -0.2) is 0 Å². The fourth-order valence-corrected chi connectivity index (χ4v) is 2.44. The van der Waals surface area contributed by atoms with Crippen molar-refractivity contribution < 1.29 is 14.0 Å². The van der Waals surface area contributed by atoms with E-state index in [1.165, 1.54) is 0 Å². The van der Waals surface area contributed by atoms with E-state index in [4.69, 9.17) is 14.0 Å². The van der Waals surface area contributed by atoms with E-state index in [0.29, 0.717) is 6.61 Å². The smallest absolute Gasteiger partial charge is 0.162 e. The summed E-state index contributed by atoms with van der Waals surface area (Å²) >= 11 is 0. The highest BCUT2D eigenvalue weighted by Gasteiger charge is 2.25. The summed E-state index contributed by atoms with van der Waals surface area (Å²) in [5.41, 5.74) is 0.925. The molecule has 2 heterocycles. The molecular formula is C14H24N2O3. The number of nitrogens with zero attached hydrogens (tertiary/aromatic N) is 1. The molecule has 2 rings (SSSR count). The van der Waals surface area contributed by atoms with Gasteiger partial charge in [0.25, 0.3) is 0 Å². The maximum atomic E-state index is 5.89. The van der Waals surface area contributed by atoms with Crippen molar-refractivity contribution in [3.63, 3.8) is 0 Å². The average molecular weight is 268 g/mol. The Hall–Kier alpha value is -0.910. The van der Waals surface area contributed by atoms with Gasteiger partial charge in [-0.3, -0.25) is 0 Å². The molecule has 0 bridgehead atoms. The minimum atomic E-state index is 0.251. The second kappa shape index (κ2) is 7.03. The van der Waals surface area contributed by atoms with Crippen LogP contribution in [0.4, 0.5) is 0 Å². The Labute approximate surface area is 114 Å². The normalized spacial score (nSPS) is 27.6. The van der Waals surface area contributed by atoms with Gasteiger partial charge in [-0.1, -0.05) is 12.1 Å². The van der Waals surface area contributed by atoms with E-state index in [1.807, 2.05) is 6.07 Å². The number of aromatic nitrogens is 1. The van der Waals surface area contributed by atoms with Gasteiger partial charge in [-0.05, 0) is 33.2 Å². The Balaban J connectivity index is 1.76. The molecule has 1 N–H and O–H groups in total. The van der Waals surface area contributed by atoms with Crippen LogP contribution >= 0.6 is 0 Å². The van der Waals surface area contributed by atoms with Crippen LogP contribution in [0.5, 0.6) is 0 Å². The molecule has 108 valence electrons. The molecule has 1 saturated heterocycles. The van der Waals surface area contributed by atoms with E-state index in [9.17, 15) is 0 Å². The number of hydrogen-bond donors (Lipinski definition) is 1. The van der Waals surface area contributed by atoms with Gasteiger partial charge in [0.1, 0.15) is 6.61 Å². The fraction of sp³-hybridized carbons (Fsp3) is 0.786. The van der Waals surface area contributed by atoms with Crippen molar-refractivity contribution in [3.8, 4) is 0 Å². The first-order chi connectivity index (χ1) is 9.17. The molecule has 1 aliphatic rings. The van der Waals surface area contributed by atoms with Crippen LogP contribution in [0.1, 0.15) is 45.1 Å². The van der Waals surface area contributed by atoms with Gasteiger partial charge in [0.2, 0.25) is 0 Å². The first kappa shape index (κ1) is 14.5. The quantitative estimate of drug-likeness (QED) is 0.857. The average Bonchev–Trinajstić information content (AvgIpc) is 2.81. The third-order valence-electron chi connectivity index (χ3n) is 3.28. The molecule has 2 unspecified atom stereocenters. The zero-order valence-corrected chi connectivity index (χ0v) is 12.0. The Morgan fingerprint density at radius 2 is 2.11 bits per heavy atom. The van der Waals surface area contributed by atoms with Crippen molar-refractivity contribution in [1.82, 2.24) is 10.5 Å². The molecule has 5 heteroatoms. The molecule has 1 aromatic heterocycles. The summed E-state index contributed by atoms with van der Waals surface area (Å²) in [6, 6.07) is 1.95. The van der Waals surface area contributed by atoms with Gasteiger partial charge < -0.3 is 19.3 Å². The van der Waals surface area contributed by atoms with Crippen molar-refractivity contribution in [1.29, 1.82) is 0 Å². The van der Waals surface area contributed by atoms with Crippen LogP contribution in [0.3, 0.4) is 0 Å². The summed E-state index contributed by atoms with van der Waals surface area (Å²) < 4.78 is 16.8. The Morgan fingerprint density at radius 3 is 2.79 bits per heavy atom. The molecular weight excluding hydrogens is 244 g/mol. The first-order valence-corrected chi connectivity index (χ1v) is 7.09. The Bertz CT molecular complexity index is 371. The largest absolute Gasteiger partial charge is 0.375 e. The highest BCUT2D eigenvalue weighted by atomic mass is 16.5. The lowest BCUT2D eigenvalue weighted by Crippen LogP contribution is -2.33. The molecule has 19 heavy (non-hydrogen) atoms. The van der Waals surface area contributed by atoms with Gasteiger partial charge in [0.15, 0.2) is 5.76 Å². The summed E-state index contributed by atoms with van der Waals surface area (Å²) in [6.07, 6.45) is 2.69. The van der Waals surface area contributed by atoms with Crippen molar-refractivity contribution in [2.75, 3.05) is 6.54 Å². The summed E-state index contributed by atoms with van der Waals surface area (Å²) in [6.45, 7) is 8.41. The number of rotatable bonds is 6.